The Morgan fingerprint density at radius 1 is 1.26 bits per heavy atom. The van der Waals surface area contributed by atoms with Crippen LogP contribution in [0.15, 0.2) is 41.2 Å². The second kappa shape index (κ2) is 5.39. The molecule has 5 nitrogen and oxygen atoms in total. The Kier molecular flexibility index (Phi) is 3.66. The highest BCUT2D eigenvalue weighted by Gasteiger charge is 2.10. The summed E-state index contributed by atoms with van der Waals surface area (Å²) >= 11 is 0. The molecular formula is C14H14N2O3. The van der Waals surface area contributed by atoms with Crippen molar-refractivity contribution in [3.8, 4) is 17.0 Å². The first-order valence-corrected chi connectivity index (χ1v) is 5.88. The number of carbonyl (C=O) groups is 1. The van der Waals surface area contributed by atoms with Crippen LogP contribution in [-0.4, -0.2) is 17.5 Å². The van der Waals surface area contributed by atoms with E-state index in [1.165, 1.54) is 6.07 Å². The molecule has 0 saturated heterocycles. The normalized spacial score (nSPS) is 10.2. The smallest absolute Gasteiger partial charge is 0.261 e. The van der Waals surface area contributed by atoms with E-state index in [9.17, 15) is 9.59 Å². The molecule has 3 N–H and O–H groups in total. The van der Waals surface area contributed by atoms with Gasteiger partial charge < -0.3 is 15.5 Å². The van der Waals surface area contributed by atoms with Crippen LogP contribution >= 0.6 is 0 Å². The Hall–Kier alpha value is -2.56. The van der Waals surface area contributed by atoms with E-state index < -0.39 is 11.5 Å². The molecule has 0 bridgehead atoms. The quantitative estimate of drug-likeness (QED) is 0.872. The number of pyridine rings is 1. The minimum atomic E-state index is -0.745. The minimum absolute atomic E-state index is 0.0577. The molecule has 98 valence electrons. The van der Waals surface area contributed by atoms with E-state index in [2.05, 4.69) is 4.98 Å². The number of aromatic amines is 1. The van der Waals surface area contributed by atoms with Crippen molar-refractivity contribution in [2.75, 3.05) is 6.61 Å². The zero-order valence-corrected chi connectivity index (χ0v) is 10.5. The lowest BCUT2D eigenvalue weighted by atomic mass is 10.1. The van der Waals surface area contributed by atoms with E-state index in [1.54, 1.807) is 6.07 Å². The lowest BCUT2D eigenvalue weighted by Gasteiger charge is -2.09. The zero-order valence-electron chi connectivity index (χ0n) is 10.5. The van der Waals surface area contributed by atoms with Crippen LogP contribution in [0.25, 0.3) is 11.3 Å². The summed E-state index contributed by atoms with van der Waals surface area (Å²) in [6, 6.07) is 10.4. The maximum Gasteiger partial charge on any atom is 0.261 e. The predicted molar refractivity (Wildman–Crippen MR) is 72.2 cm³/mol. The first-order valence-electron chi connectivity index (χ1n) is 5.88. The number of primary amides is 1. The van der Waals surface area contributed by atoms with Crippen molar-refractivity contribution >= 4 is 5.91 Å². The van der Waals surface area contributed by atoms with Gasteiger partial charge >= 0.3 is 0 Å². The van der Waals surface area contributed by atoms with Crippen LogP contribution in [0.5, 0.6) is 5.75 Å². The van der Waals surface area contributed by atoms with Gasteiger partial charge in [-0.1, -0.05) is 12.1 Å². The van der Waals surface area contributed by atoms with E-state index in [0.29, 0.717) is 18.1 Å². The molecule has 0 aliphatic heterocycles. The summed E-state index contributed by atoms with van der Waals surface area (Å²) in [5.41, 5.74) is 5.88. The number of hydrogen-bond donors (Lipinski definition) is 2. The molecule has 1 amide bonds. The summed E-state index contributed by atoms with van der Waals surface area (Å²) in [4.78, 5) is 25.4. The number of ether oxygens (including phenoxy) is 1. The Morgan fingerprint density at radius 2 is 2.00 bits per heavy atom. The number of H-pyrrole nitrogens is 1. The Morgan fingerprint density at radius 3 is 2.63 bits per heavy atom. The van der Waals surface area contributed by atoms with Crippen LogP contribution in [0.2, 0.25) is 0 Å². The van der Waals surface area contributed by atoms with E-state index in [0.717, 1.165) is 5.56 Å². The number of aromatic nitrogens is 1. The van der Waals surface area contributed by atoms with Crippen LogP contribution in [0.1, 0.15) is 17.3 Å². The highest BCUT2D eigenvalue weighted by atomic mass is 16.5. The molecule has 0 aliphatic carbocycles. The number of nitrogens with two attached hydrogens (primary N) is 1. The van der Waals surface area contributed by atoms with Crippen LogP contribution in [0, 0.1) is 0 Å². The van der Waals surface area contributed by atoms with Crippen LogP contribution < -0.4 is 16.0 Å². The van der Waals surface area contributed by atoms with Crippen molar-refractivity contribution in [3.63, 3.8) is 0 Å². The average molecular weight is 258 g/mol. The van der Waals surface area contributed by atoms with Crippen molar-refractivity contribution in [2.45, 2.75) is 6.92 Å². The fraction of sp³-hybridized carbons (Fsp3) is 0.143. The molecule has 5 heteroatoms. The van der Waals surface area contributed by atoms with Gasteiger partial charge in [0.2, 0.25) is 0 Å². The third-order valence-electron chi connectivity index (χ3n) is 2.65. The molecule has 0 fully saturated rings. The van der Waals surface area contributed by atoms with Gasteiger partial charge in [0.1, 0.15) is 11.3 Å². The second-order valence-corrected chi connectivity index (χ2v) is 3.91. The summed E-state index contributed by atoms with van der Waals surface area (Å²) in [7, 11) is 0. The SMILES string of the molecule is CCOc1ccccc1-c1ccc(C(N)=O)c(=O)[nH]1. The molecule has 1 aromatic heterocycles. The fourth-order valence-corrected chi connectivity index (χ4v) is 1.80. The van der Waals surface area contributed by atoms with Crippen molar-refractivity contribution in [1.82, 2.24) is 4.98 Å². The number of carbonyl (C=O) groups excluding carboxylic acids is 1. The van der Waals surface area contributed by atoms with Gasteiger partial charge in [0.05, 0.1) is 12.3 Å². The molecule has 1 aromatic carbocycles. The van der Waals surface area contributed by atoms with Gasteiger partial charge in [0.15, 0.2) is 0 Å². The van der Waals surface area contributed by atoms with Crippen molar-refractivity contribution in [2.24, 2.45) is 5.73 Å². The summed E-state index contributed by atoms with van der Waals surface area (Å²) in [5.74, 6) is -0.0710. The highest BCUT2D eigenvalue weighted by molar-refractivity contribution is 5.92. The molecule has 2 rings (SSSR count). The molecule has 1 heterocycles. The van der Waals surface area contributed by atoms with Gasteiger partial charge in [-0.25, -0.2) is 0 Å². The largest absolute Gasteiger partial charge is 0.493 e. The van der Waals surface area contributed by atoms with E-state index in [1.807, 2.05) is 31.2 Å². The van der Waals surface area contributed by atoms with Gasteiger partial charge in [-0.2, -0.15) is 0 Å². The molecule has 0 aliphatic rings. The molecule has 0 spiro atoms. The number of rotatable bonds is 4. The van der Waals surface area contributed by atoms with Crippen molar-refractivity contribution in [3.05, 3.63) is 52.3 Å². The lowest BCUT2D eigenvalue weighted by Crippen LogP contribution is -2.23. The summed E-state index contributed by atoms with van der Waals surface area (Å²) in [6.07, 6.45) is 0. The topological polar surface area (TPSA) is 85.2 Å². The molecule has 0 radical (unpaired) electrons. The lowest BCUT2D eigenvalue weighted by molar-refractivity contribution is 0.0999. The molecule has 2 aromatic rings. The Balaban J connectivity index is 2.51. The molecule has 0 saturated carbocycles. The number of amides is 1. The molecule has 0 unspecified atom stereocenters. The van der Waals surface area contributed by atoms with Crippen LogP contribution in [-0.2, 0) is 0 Å². The summed E-state index contributed by atoms with van der Waals surface area (Å²) in [5, 5.41) is 0. The first-order chi connectivity index (χ1) is 9.13. The molecule has 0 atom stereocenters. The van der Waals surface area contributed by atoms with Crippen LogP contribution in [0.4, 0.5) is 0 Å². The Labute approximate surface area is 110 Å². The number of benzene rings is 1. The van der Waals surface area contributed by atoms with Crippen LogP contribution in [0.3, 0.4) is 0 Å². The third-order valence-corrected chi connectivity index (χ3v) is 2.65. The number of hydrogen-bond acceptors (Lipinski definition) is 3. The van der Waals surface area contributed by atoms with E-state index in [4.69, 9.17) is 10.5 Å². The Bertz CT molecular complexity index is 662. The van der Waals surface area contributed by atoms with Gasteiger partial charge in [-0.15, -0.1) is 0 Å². The fourth-order valence-electron chi connectivity index (χ4n) is 1.80. The van der Waals surface area contributed by atoms with Gasteiger partial charge in [-0.05, 0) is 31.2 Å². The second-order valence-electron chi connectivity index (χ2n) is 3.91. The van der Waals surface area contributed by atoms with Crippen molar-refractivity contribution in [1.29, 1.82) is 0 Å². The third kappa shape index (κ3) is 2.65. The highest BCUT2D eigenvalue weighted by Crippen LogP contribution is 2.27. The maximum atomic E-state index is 11.7. The van der Waals surface area contributed by atoms with Gasteiger partial charge in [0, 0.05) is 5.56 Å². The summed E-state index contributed by atoms with van der Waals surface area (Å²) in [6.45, 7) is 2.41. The molecular weight excluding hydrogens is 244 g/mol. The number of para-hydroxylation sites is 1. The number of nitrogens with one attached hydrogen (secondary N) is 1. The summed E-state index contributed by atoms with van der Waals surface area (Å²) < 4.78 is 5.50. The van der Waals surface area contributed by atoms with E-state index in [-0.39, 0.29) is 5.56 Å². The first kappa shape index (κ1) is 12.9. The zero-order chi connectivity index (χ0) is 13.8. The monoisotopic (exact) mass is 258 g/mol. The van der Waals surface area contributed by atoms with Crippen molar-refractivity contribution < 1.29 is 9.53 Å². The predicted octanol–water partition coefficient (Wildman–Crippen LogP) is 1.54. The molecule has 19 heavy (non-hydrogen) atoms. The van der Waals surface area contributed by atoms with Gasteiger partial charge in [0.25, 0.3) is 11.5 Å². The minimum Gasteiger partial charge on any atom is -0.493 e. The average Bonchev–Trinajstić information content (AvgIpc) is 2.39. The standard InChI is InChI=1S/C14H14N2O3/c1-2-19-12-6-4-3-5-9(12)11-8-7-10(13(15)17)14(18)16-11/h3-8H,2H2,1H3,(H2,15,17)(H,16,18). The van der Waals surface area contributed by atoms with Gasteiger partial charge in [-0.3, -0.25) is 9.59 Å². The maximum absolute atomic E-state index is 11.7. The van der Waals surface area contributed by atoms with E-state index >= 15 is 0 Å².